The Labute approximate surface area is 121 Å². The summed E-state index contributed by atoms with van der Waals surface area (Å²) in [5, 5.41) is 7.74. The second-order valence-corrected chi connectivity index (χ2v) is 5.97. The summed E-state index contributed by atoms with van der Waals surface area (Å²) in [6.07, 6.45) is 3.95. The number of thiazole rings is 1. The van der Waals surface area contributed by atoms with Gasteiger partial charge in [0.1, 0.15) is 5.69 Å². The quantitative estimate of drug-likeness (QED) is 0.902. The van der Waals surface area contributed by atoms with Gasteiger partial charge in [0.05, 0.1) is 17.1 Å². The highest BCUT2D eigenvalue weighted by molar-refractivity contribution is 7.16. The molecule has 0 saturated carbocycles. The number of amides is 1. The van der Waals surface area contributed by atoms with Gasteiger partial charge < -0.3 is 5.73 Å². The number of fused-ring (bicyclic) bond motifs is 1. The zero-order valence-corrected chi connectivity index (χ0v) is 12.4. The molecule has 2 aromatic rings. The number of carbonyl (C=O) groups excluding carboxylic acids is 1. The van der Waals surface area contributed by atoms with E-state index in [2.05, 4.69) is 15.4 Å². The Balaban J connectivity index is 1.84. The number of rotatable bonds is 3. The van der Waals surface area contributed by atoms with Gasteiger partial charge in [0, 0.05) is 11.9 Å². The monoisotopic (exact) mass is 291 g/mol. The molecule has 0 aromatic carbocycles. The highest BCUT2D eigenvalue weighted by Gasteiger charge is 2.22. The summed E-state index contributed by atoms with van der Waals surface area (Å²) in [5.41, 5.74) is 8.71. The van der Waals surface area contributed by atoms with Crippen LogP contribution in [-0.2, 0) is 26.3 Å². The fourth-order valence-electron chi connectivity index (χ4n) is 2.53. The number of nitrogen functional groups attached to an aromatic ring is 1. The summed E-state index contributed by atoms with van der Waals surface area (Å²) >= 11 is 1.56. The van der Waals surface area contributed by atoms with Gasteiger partial charge in [-0.25, -0.2) is 4.98 Å². The van der Waals surface area contributed by atoms with Gasteiger partial charge in [-0.3, -0.25) is 14.8 Å². The van der Waals surface area contributed by atoms with E-state index in [-0.39, 0.29) is 5.91 Å². The number of hydrogen-bond donors (Lipinski definition) is 2. The van der Waals surface area contributed by atoms with E-state index in [1.807, 2.05) is 6.92 Å². The zero-order valence-electron chi connectivity index (χ0n) is 11.6. The Morgan fingerprint density at radius 2 is 2.30 bits per heavy atom. The van der Waals surface area contributed by atoms with Crippen LogP contribution >= 0.6 is 11.3 Å². The number of hydrogen-bond acceptors (Lipinski definition) is 5. The van der Waals surface area contributed by atoms with E-state index in [4.69, 9.17) is 5.73 Å². The van der Waals surface area contributed by atoms with E-state index in [1.54, 1.807) is 18.4 Å². The Bertz CT molecular complexity index is 651. The molecule has 3 rings (SSSR count). The fraction of sp³-hybridized carbons (Fsp3) is 0.462. The molecular weight excluding hydrogens is 274 g/mol. The summed E-state index contributed by atoms with van der Waals surface area (Å²) in [7, 11) is 1.73. The summed E-state index contributed by atoms with van der Waals surface area (Å²) in [6, 6.07) is 0. The number of aryl methyl sites for hydroxylation is 4. The van der Waals surface area contributed by atoms with Crippen LogP contribution in [0.25, 0.3) is 0 Å². The third-order valence-corrected chi connectivity index (χ3v) is 4.60. The van der Waals surface area contributed by atoms with Crippen LogP contribution < -0.4 is 11.1 Å². The molecule has 0 spiro atoms. The summed E-state index contributed by atoms with van der Waals surface area (Å²) < 4.78 is 1.53. The number of aromatic nitrogens is 3. The molecule has 2 heterocycles. The van der Waals surface area contributed by atoms with E-state index >= 15 is 0 Å². The van der Waals surface area contributed by atoms with Crippen molar-refractivity contribution in [1.29, 1.82) is 0 Å². The van der Waals surface area contributed by atoms with E-state index in [0.717, 1.165) is 30.7 Å². The van der Waals surface area contributed by atoms with Crippen LogP contribution in [0.2, 0.25) is 0 Å². The molecule has 6 nitrogen and oxygen atoms in total. The minimum Gasteiger partial charge on any atom is -0.395 e. The fourth-order valence-corrected chi connectivity index (χ4v) is 3.57. The molecular formula is C13H17N5OS. The SMILES string of the molecule is CCc1nn(C)c(C(=O)Nc2nc3c(s2)CCC3)c1N. The molecule has 1 amide bonds. The third kappa shape index (κ3) is 2.07. The normalized spacial score (nSPS) is 13.5. The van der Waals surface area contributed by atoms with Gasteiger partial charge in [0.25, 0.3) is 5.91 Å². The second-order valence-electron chi connectivity index (χ2n) is 4.88. The van der Waals surface area contributed by atoms with E-state index in [9.17, 15) is 4.79 Å². The van der Waals surface area contributed by atoms with Crippen molar-refractivity contribution in [3.8, 4) is 0 Å². The molecule has 7 heteroatoms. The maximum atomic E-state index is 12.3. The lowest BCUT2D eigenvalue weighted by Gasteiger charge is -2.03. The standard InChI is InChI=1S/C13H17N5OS/c1-3-7-10(14)11(18(2)17-7)12(19)16-13-15-8-5-4-6-9(8)20-13/h3-6,14H2,1-2H3,(H,15,16,19). The van der Waals surface area contributed by atoms with Gasteiger partial charge in [0.15, 0.2) is 5.13 Å². The largest absolute Gasteiger partial charge is 0.395 e. The third-order valence-electron chi connectivity index (χ3n) is 3.53. The van der Waals surface area contributed by atoms with Crippen molar-refractivity contribution in [2.75, 3.05) is 11.1 Å². The van der Waals surface area contributed by atoms with Crippen molar-refractivity contribution in [3.05, 3.63) is 22.0 Å². The Morgan fingerprint density at radius 1 is 1.50 bits per heavy atom. The second kappa shape index (κ2) is 4.90. The van der Waals surface area contributed by atoms with Gasteiger partial charge in [-0.15, -0.1) is 11.3 Å². The Hall–Kier alpha value is -1.89. The van der Waals surface area contributed by atoms with E-state index < -0.39 is 0 Å². The number of nitrogens with one attached hydrogen (secondary N) is 1. The lowest BCUT2D eigenvalue weighted by molar-refractivity contribution is 0.101. The number of nitrogens with two attached hydrogens (primary N) is 1. The van der Waals surface area contributed by atoms with Crippen molar-refractivity contribution < 1.29 is 4.79 Å². The molecule has 1 aliphatic carbocycles. The lowest BCUT2D eigenvalue weighted by atomic mass is 10.2. The van der Waals surface area contributed by atoms with Crippen LogP contribution in [-0.4, -0.2) is 20.7 Å². The minimum absolute atomic E-state index is 0.246. The zero-order chi connectivity index (χ0) is 14.3. The Morgan fingerprint density at radius 3 is 2.95 bits per heavy atom. The molecule has 0 fully saturated rings. The van der Waals surface area contributed by atoms with Crippen LogP contribution in [0.4, 0.5) is 10.8 Å². The molecule has 0 radical (unpaired) electrons. The van der Waals surface area contributed by atoms with E-state index in [0.29, 0.717) is 22.9 Å². The summed E-state index contributed by atoms with van der Waals surface area (Å²) in [5.74, 6) is -0.246. The van der Waals surface area contributed by atoms with Crippen LogP contribution in [0.3, 0.4) is 0 Å². The molecule has 0 aliphatic heterocycles. The molecule has 20 heavy (non-hydrogen) atoms. The van der Waals surface area contributed by atoms with Gasteiger partial charge in [-0.1, -0.05) is 6.92 Å². The first-order chi connectivity index (χ1) is 9.60. The molecule has 0 atom stereocenters. The molecule has 2 aromatic heterocycles. The lowest BCUT2D eigenvalue weighted by Crippen LogP contribution is -2.17. The number of carbonyl (C=O) groups is 1. The van der Waals surface area contributed by atoms with Crippen LogP contribution in [0.15, 0.2) is 0 Å². The predicted molar refractivity (Wildman–Crippen MR) is 79.1 cm³/mol. The van der Waals surface area contributed by atoms with Crippen molar-refractivity contribution in [2.24, 2.45) is 7.05 Å². The summed E-state index contributed by atoms with van der Waals surface area (Å²) in [4.78, 5) is 18.1. The predicted octanol–water partition coefficient (Wildman–Crippen LogP) is 1.76. The van der Waals surface area contributed by atoms with Gasteiger partial charge >= 0.3 is 0 Å². The van der Waals surface area contributed by atoms with Crippen LogP contribution in [0, 0.1) is 0 Å². The number of anilines is 2. The van der Waals surface area contributed by atoms with Crippen molar-refractivity contribution in [3.63, 3.8) is 0 Å². The molecule has 0 bridgehead atoms. The molecule has 106 valence electrons. The maximum absolute atomic E-state index is 12.3. The maximum Gasteiger partial charge on any atom is 0.277 e. The minimum atomic E-state index is -0.246. The highest BCUT2D eigenvalue weighted by atomic mass is 32.1. The van der Waals surface area contributed by atoms with Crippen molar-refractivity contribution in [1.82, 2.24) is 14.8 Å². The average molecular weight is 291 g/mol. The van der Waals surface area contributed by atoms with E-state index in [1.165, 1.54) is 9.56 Å². The van der Waals surface area contributed by atoms with Crippen LogP contribution in [0.5, 0.6) is 0 Å². The smallest absolute Gasteiger partial charge is 0.277 e. The summed E-state index contributed by atoms with van der Waals surface area (Å²) in [6.45, 7) is 1.96. The van der Waals surface area contributed by atoms with Gasteiger partial charge in [-0.2, -0.15) is 5.10 Å². The van der Waals surface area contributed by atoms with Gasteiger partial charge in [-0.05, 0) is 25.7 Å². The van der Waals surface area contributed by atoms with Gasteiger partial charge in [0.2, 0.25) is 0 Å². The molecule has 3 N–H and O–H groups in total. The first kappa shape index (κ1) is 13.1. The van der Waals surface area contributed by atoms with Crippen molar-refractivity contribution >= 4 is 28.1 Å². The average Bonchev–Trinajstić information content (AvgIpc) is 3.02. The molecule has 0 saturated heterocycles. The first-order valence-corrected chi connectivity index (χ1v) is 7.53. The topological polar surface area (TPSA) is 85.8 Å². The molecule has 1 aliphatic rings. The van der Waals surface area contributed by atoms with Crippen molar-refractivity contribution in [2.45, 2.75) is 32.6 Å². The molecule has 0 unspecified atom stereocenters. The highest BCUT2D eigenvalue weighted by Crippen LogP contribution is 2.31. The first-order valence-electron chi connectivity index (χ1n) is 6.71. The van der Waals surface area contributed by atoms with Crippen LogP contribution in [0.1, 0.15) is 40.1 Å². The Kier molecular flexibility index (Phi) is 3.21. The number of nitrogens with zero attached hydrogens (tertiary/aromatic N) is 3.